The summed E-state index contributed by atoms with van der Waals surface area (Å²) in [4.78, 5) is 31.0. The molecule has 1 aromatic carbocycles. The summed E-state index contributed by atoms with van der Waals surface area (Å²) in [5, 5.41) is 1.91. The molecule has 0 saturated carbocycles. The van der Waals surface area contributed by atoms with E-state index in [0.29, 0.717) is 30.4 Å². The second-order valence-corrected chi connectivity index (χ2v) is 11.2. The van der Waals surface area contributed by atoms with Crippen LogP contribution >= 0.6 is 27.3 Å². The van der Waals surface area contributed by atoms with Crippen molar-refractivity contribution in [3.63, 3.8) is 0 Å². The number of hydrogen-bond donors (Lipinski definition) is 0. The molecule has 0 atom stereocenters. The van der Waals surface area contributed by atoms with E-state index in [1.807, 2.05) is 40.6 Å². The monoisotopic (exact) mass is 557 g/mol. The van der Waals surface area contributed by atoms with E-state index in [1.54, 1.807) is 4.90 Å². The van der Waals surface area contributed by atoms with Crippen LogP contribution in [0.3, 0.4) is 0 Å². The van der Waals surface area contributed by atoms with Crippen molar-refractivity contribution in [2.45, 2.75) is 53.1 Å². The fraction of sp³-hybridized carbons (Fsp3) is 0.429. The number of carbonyl (C=O) groups is 2. The van der Waals surface area contributed by atoms with Crippen LogP contribution in [0.5, 0.6) is 0 Å². The van der Waals surface area contributed by atoms with Crippen LogP contribution in [0.1, 0.15) is 61.0 Å². The summed E-state index contributed by atoms with van der Waals surface area (Å²) in [7, 11) is 0. The zero-order valence-electron chi connectivity index (χ0n) is 21.0. The normalized spacial score (nSPS) is 11.1. The third kappa shape index (κ3) is 8.36. The van der Waals surface area contributed by atoms with Gasteiger partial charge in [0.05, 0.1) is 11.4 Å². The fourth-order valence-electron chi connectivity index (χ4n) is 3.86. The first-order valence-electron chi connectivity index (χ1n) is 12.4. The van der Waals surface area contributed by atoms with E-state index in [-0.39, 0.29) is 18.4 Å². The summed E-state index contributed by atoms with van der Waals surface area (Å²) in [6.07, 6.45) is 4.88. The highest BCUT2D eigenvalue weighted by Crippen LogP contribution is 2.17. The van der Waals surface area contributed by atoms with Crippen LogP contribution in [0, 0.1) is 5.92 Å². The molecule has 0 radical (unpaired) electrons. The summed E-state index contributed by atoms with van der Waals surface area (Å²) in [5.74, 6) is 0.411. The molecular weight excluding hydrogens is 522 g/mol. The second kappa shape index (κ2) is 13.6. The van der Waals surface area contributed by atoms with Crippen LogP contribution < -0.4 is 0 Å². The lowest BCUT2D eigenvalue weighted by molar-refractivity contribution is -0.132. The van der Waals surface area contributed by atoms with Crippen molar-refractivity contribution in [2.75, 3.05) is 19.6 Å². The van der Waals surface area contributed by atoms with Gasteiger partial charge >= 0.3 is 0 Å². The molecule has 0 aliphatic rings. The number of unbranched alkanes of at least 4 members (excludes halogenated alkanes) is 1. The van der Waals surface area contributed by atoms with Crippen molar-refractivity contribution in [3.8, 4) is 0 Å². The number of nitrogens with zero attached hydrogens (tertiary/aromatic N) is 3. The van der Waals surface area contributed by atoms with Gasteiger partial charge in [-0.1, -0.05) is 61.3 Å². The maximum atomic E-state index is 13.5. The number of carbonyl (C=O) groups excluding carboxylic acids is 2. The molecule has 2 aromatic heterocycles. The maximum absolute atomic E-state index is 13.5. The number of thiophene rings is 1. The number of rotatable bonds is 13. The number of hydrogen-bond acceptors (Lipinski definition) is 3. The van der Waals surface area contributed by atoms with Crippen LogP contribution in [-0.4, -0.2) is 45.8 Å². The Morgan fingerprint density at radius 1 is 1.03 bits per heavy atom. The lowest BCUT2D eigenvalue weighted by Gasteiger charge is -2.28. The van der Waals surface area contributed by atoms with Gasteiger partial charge in [0.2, 0.25) is 5.91 Å². The molecule has 3 aromatic rings. The van der Waals surface area contributed by atoms with E-state index in [2.05, 4.69) is 65.7 Å². The highest BCUT2D eigenvalue weighted by Gasteiger charge is 2.23. The van der Waals surface area contributed by atoms with Crippen molar-refractivity contribution in [1.29, 1.82) is 0 Å². The van der Waals surface area contributed by atoms with Gasteiger partial charge in [0.1, 0.15) is 6.54 Å². The minimum atomic E-state index is -0.0527. The Kier molecular flexibility index (Phi) is 10.6. The molecule has 5 nitrogen and oxygen atoms in total. The van der Waals surface area contributed by atoms with Gasteiger partial charge < -0.3 is 14.4 Å². The van der Waals surface area contributed by atoms with Crippen LogP contribution in [0.4, 0.5) is 0 Å². The number of amides is 2. The minimum absolute atomic E-state index is 0.00324. The molecule has 0 spiro atoms. The summed E-state index contributed by atoms with van der Waals surface area (Å²) in [5.41, 5.74) is 2.30. The third-order valence-corrected chi connectivity index (χ3v) is 7.39. The highest BCUT2D eigenvalue weighted by atomic mass is 79.9. The maximum Gasteiger partial charge on any atom is 0.264 e. The van der Waals surface area contributed by atoms with E-state index >= 15 is 0 Å². The molecule has 0 fully saturated rings. The summed E-state index contributed by atoms with van der Waals surface area (Å²) >= 11 is 4.92. The molecule has 35 heavy (non-hydrogen) atoms. The number of halogens is 1. The second-order valence-electron chi connectivity index (χ2n) is 9.31. The van der Waals surface area contributed by atoms with Crippen molar-refractivity contribution in [1.82, 2.24) is 14.4 Å². The number of aromatic nitrogens is 1. The first-order valence-corrected chi connectivity index (χ1v) is 14.0. The van der Waals surface area contributed by atoms with Crippen molar-refractivity contribution in [3.05, 3.63) is 80.7 Å². The molecule has 0 aliphatic heterocycles. The Morgan fingerprint density at radius 3 is 2.46 bits per heavy atom. The van der Waals surface area contributed by atoms with Gasteiger partial charge in [-0.3, -0.25) is 9.59 Å². The van der Waals surface area contributed by atoms with Crippen LogP contribution in [-0.2, 0) is 17.9 Å². The minimum Gasteiger partial charge on any atom is -0.345 e. The molecule has 0 N–H and O–H groups in total. The Labute approximate surface area is 221 Å². The van der Waals surface area contributed by atoms with Crippen molar-refractivity contribution < 1.29 is 9.59 Å². The standard InChI is InChI=1S/C28H36BrN3O2S/c1-4-5-15-31(20-25-8-6-16-30(25)19-23-10-12-24(29)13-11-23)27(33)21-32(17-14-22(2)3)28(34)26-9-7-18-35-26/h6-13,16,18,22H,4-5,14-15,17,19-21H2,1-3H3. The molecule has 7 heteroatoms. The van der Waals surface area contributed by atoms with Gasteiger partial charge in [-0.15, -0.1) is 11.3 Å². The average Bonchev–Trinajstić information content (AvgIpc) is 3.52. The lowest BCUT2D eigenvalue weighted by Crippen LogP contribution is -2.43. The first kappa shape index (κ1) is 27.2. The van der Waals surface area contributed by atoms with Crippen LogP contribution in [0.2, 0.25) is 0 Å². The number of benzene rings is 1. The summed E-state index contributed by atoms with van der Waals surface area (Å²) in [6, 6.07) is 16.1. The Balaban J connectivity index is 1.74. The zero-order chi connectivity index (χ0) is 25.2. The molecule has 0 bridgehead atoms. The third-order valence-electron chi connectivity index (χ3n) is 6.00. The fourth-order valence-corrected chi connectivity index (χ4v) is 4.81. The van der Waals surface area contributed by atoms with Crippen molar-refractivity contribution in [2.24, 2.45) is 5.92 Å². The van der Waals surface area contributed by atoms with Gasteiger partial charge in [-0.05, 0) is 60.0 Å². The van der Waals surface area contributed by atoms with Gasteiger partial charge in [0, 0.05) is 36.0 Å². The molecule has 0 unspecified atom stereocenters. The Hall–Kier alpha value is -2.38. The van der Waals surface area contributed by atoms with Gasteiger partial charge in [-0.2, -0.15) is 0 Å². The lowest BCUT2D eigenvalue weighted by atomic mass is 10.1. The molecule has 2 heterocycles. The van der Waals surface area contributed by atoms with E-state index in [0.717, 1.165) is 36.0 Å². The molecular formula is C28H36BrN3O2S. The first-order chi connectivity index (χ1) is 16.9. The Bertz CT molecular complexity index is 1060. The predicted octanol–water partition coefficient (Wildman–Crippen LogP) is 6.68. The summed E-state index contributed by atoms with van der Waals surface area (Å²) < 4.78 is 3.26. The van der Waals surface area contributed by atoms with Crippen LogP contribution in [0.25, 0.3) is 0 Å². The zero-order valence-corrected chi connectivity index (χ0v) is 23.4. The van der Waals surface area contributed by atoms with Gasteiger partial charge in [-0.25, -0.2) is 0 Å². The van der Waals surface area contributed by atoms with Gasteiger partial charge in [0.15, 0.2) is 0 Å². The Morgan fingerprint density at radius 2 is 1.80 bits per heavy atom. The largest absolute Gasteiger partial charge is 0.345 e. The highest BCUT2D eigenvalue weighted by molar-refractivity contribution is 9.10. The molecule has 0 aliphatic carbocycles. The van der Waals surface area contributed by atoms with Crippen molar-refractivity contribution >= 4 is 39.1 Å². The average molecular weight is 559 g/mol. The van der Waals surface area contributed by atoms with Gasteiger partial charge in [0.25, 0.3) is 5.91 Å². The van der Waals surface area contributed by atoms with Crippen LogP contribution in [0.15, 0.2) is 64.6 Å². The van der Waals surface area contributed by atoms with E-state index in [4.69, 9.17) is 0 Å². The van der Waals surface area contributed by atoms with E-state index in [9.17, 15) is 9.59 Å². The van der Waals surface area contributed by atoms with E-state index in [1.165, 1.54) is 16.9 Å². The quantitative estimate of drug-likeness (QED) is 0.235. The molecule has 188 valence electrons. The molecule has 0 saturated heterocycles. The predicted molar refractivity (Wildman–Crippen MR) is 148 cm³/mol. The topological polar surface area (TPSA) is 45.6 Å². The summed E-state index contributed by atoms with van der Waals surface area (Å²) in [6.45, 7) is 9.09. The molecule has 3 rings (SSSR count). The van der Waals surface area contributed by atoms with E-state index < -0.39 is 0 Å². The SMILES string of the molecule is CCCCN(Cc1cccn1Cc1ccc(Br)cc1)C(=O)CN(CCC(C)C)C(=O)c1cccs1. The smallest absolute Gasteiger partial charge is 0.264 e. The molecule has 2 amide bonds.